The van der Waals surface area contributed by atoms with Crippen LogP contribution in [0.1, 0.15) is 32.8 Å². The van der Waals surface area contributed by atoms with E-state index in [9.17, 15) is 13.2 Å². The van der Waals surface area contributed by atoms with Gasteiger partial charge in [0.05, 0.1) is 5.75 Å². The normalized spacial score (nSPS) is 12.7. The first-order valence-electron chi connectivity index (χ1n) is 8.14. The minimum absolute atomic E-state index is 0.0796. The molecule has 0 aromatic heterocycles. The van der Waals surface area contributed by atoms with Crippen LogP contribution >= 0.6 is 11.6 Å². The predicted octanol–water partition coefficient (Wildman–Crippen LogP) is 3.42. The molecular weight excluding hydrogens is 348 g/mol. The van der Waals surface area contributed by atoms with Crippen molar-refractivity contribution in [2.24, 2.45) is 5.92 Å². The molecule has 5 nitrogen and oxygen atoms in total. The van der Waals surface area contributed by atoms with Crippen LogP contribution in [0.15, 0.2) is 18.2 Å². The molecule has 1 atom stereocenters. The molecule has 0 heterocycles. The molecule has 1 aromatic carbocycles. The molecule has 0 spiro atoms. The Balaban J connectivity index is 2.71. The molecule has 1 rings (SSSR count). The van der Waals surface area contributed by atoms with Crippen molar-refractivity contribution in [3.8, 4) is 0 Å². The summed E-state index contributed by atoms with van der Waals surface area (Å²) in [7, 11) is -3.29. The highest BCUT2D eigenvalue weighted by atomic mass is 35.5. The van der Waals surface area contributed by atoms with Gasteiger partial charge < -0.3 is 10.2 Å². The van der Waals surface area contributed by atoms with Crippen LogP contribution in [-0.4, -0.2) is 38.4 Å². The minimum atomic E-state index is -3.29. The third-order valence-electron chi connectivity index (χ3n) is 3.85. The molecule has 7 heteroatoms. The van der Waals surface area contributed by atoms with Crippen molar-refractivity contribution in [3.05, 3.63) is 23.8 Å². The van der Waals surface area contributed by atoms with Gasteiger partial charge in [-0.1, -0.05) is 6.92 Å². The highest BCUT2D eigenvalue weighted by Gasteiger charge is 2.18. The van der Waals surface area contributed by atoms with Crippen LogP contribution in [0.5, 0.6) is 0 Å². The van der Waals surface area contributed by atoms with Crippen LogP contribution < -0.4 is 10.2 Å². The molecule has 0 aliphatic heterocycles. The third-order valence-corrected chi connectivity index (χ3v) is 6.26. The lowest BCUT2D eigenvalue weighted by atomic mass is 10.1. The molecule has 1 aromatic rings. The van der Waals surface area contributed by atoms with Gasteiger partial charge in [-0.05, 0) is 50.5 Å². The van der Waals surface area contributed by atoms with Crippen LogP contribution in [0.4, 0.5) is 11.4 Å². The van der Waals surface area contributed by atoms with E-state index in [1.807, 2.05) is 25.1 Å². The predicted molar refractivity (Wildman–Crippen MR) is 102 cm³/mol. The summed E-state index contributed by atoms with van der Waals surface area (Å²) in [6.45, 7) is 9.74. The Morgan fingerprint density at radius 1 is 1.29 bits per heavy atom. The zero-order valence-corrected chi connectivity index (χ0v) is 16.4. The van der Waals surface area contributed by atoms with E-state index in [2.05, 4.69) is 24.1 Å². The number of sulfone groups is 1. The van der Waals surface area contributed by atoms with Crippen molar-refractivity contribution in [2.75, 3.05) is 34.3 Å². The summed E-state index contributed by atoms with van der Waals surface area (Å²) >= 11 is 5.40. The molecule has 1 N–H and O–H groups in total. The number of benzene rings is 1. The lowest BCUT2D eigenvalue weighted by molar-refractivity contribution is -0.116. The second-order valence-electron chi connectivity index (χ2n) is 6.05. The summed E-state index contributed by atoms with van der Waals surface area (Å²) < 4.78 is 23.0. The Morgan fingerprint density at radius 3 is 2.42 bits per heavy atom. The number of nitrogens with zero attached hydrogens (tertiary/aromatic N) is 1. The summed E-state index contributed by atoms with van der Waals surface area (Å²) in [4.78, 5) is 14.4. The van der Waals surface area contributed by atoms with E-state index in [1.165, 1.54) is 0 Å². The van der Waals surface area contributed by atoms with E-state index in [1.54, 1.807) is 6.92 Å². The Morgan fingerprint density at radius 2 is 1.92 bits per heavy atom. The van der Waals surface area contributed by atoms with Crippen molar-refractivity contribution in [1.29, 1.82) is 0 Å². The smallest absolute Gasteiger partial charge is 0.224 e. The van der Waals surface area contributed by atoms with Crippen molar-refractivity contribution >= 4 is 38.7 Å². The number of alkyl halides is 1. The second-order valence-corrected chi connectivity index (χ2v) is 8.74. The molecule has 0 aliphatic rings. The van der Waals surface area contributed by atoms with Crippen LogP contribution in [-0.2, 0) is 14.6 Å². The second kappa shape index (κ2) is 9.28. The van der Waals surface area contributed by atoms with Crippen molar-refractivity contribution in [3.63, 3.8) is 0 Å². The summed E-state index contributed by atoms with van der Waals surface area (Å²) in [5, 5.41) is 2.45. The fraction of sp³-hybridized carbons (Fsp3) is 0.588. The molecule has 136 valence electrons. The van der Waals surface area contributed by atoms with Crippen LogP contribution in [0.3, 0.4) is 0 Å². The Hall–Kier alpha value is -1.27. The number of aryl methyl sites for hydroxylation is 1. The summed E-state index contributed by atoms with van der Waals surface area (Å²) in [5.41, 5.74) is 2.86. The molecular formula is C17H27ClN2O3S. The molecule has 1 amide bonds. The summed E-state index contributed by atoms with van der Waals surface area (Å²) in [6, 6.07) is 5.92. The summed E-state index contributed by atoms with van der Waals surface area (Å²) in [5.74, 6) is -0.543. The maximum Gasteiger partial charge on any atom is 0.224 e. The van der Waals surface area contributed by atoms with Crippen molar-refractivity contribution in [2.45, 2.75) is 34.1 Å². The van der Waals surface area contributed by atoms with Gasteiger partial charge in [0.25, 0.3) is 0 Å². The molecule has 0 fully saturated rings. The minimum Gasteiger partial charge on any atom is -0.372 e. The first-order valence-corrected chi connectivity index (χ1v) is 10.5. The van der Waals surface area contributed by atoms with Gasteiger partial charge in [-0.15, -0.1) is 11.6 Å². The van der Waals surface area contributed by atoms with Gasteiger partial charge in [0, 0.05) is 30.9 Å². The van der Waals surface area contributed by atoms with E-state index in [4.69, 9.17) is 11.6 Å². The molecule has 1 unspecified atom stereocenters. The maximum absolute atomic E-state index is 12.1. The molecule has 0 aliphatic carbocycles. The highest BCUT2D eigenvalue weighted by molar-refractivity contribution is 7.92. The molecule has 0 bridgehead atoms. The van der Waals surface area contributed by atoms with Gasteiger partial charge in [-0.3, -0.25) is 4.79 Å². The average Bonchev–Trinajstić information content (AvgIpc) is 2.50. The van der Waals surface area contributed by atoms with E-state index < -0.39 is 15.0 Å². The highest BCUT2D eigenvalue weighted by Crippen LogP contribution is 2.23. The van der Waals surface area contributed by atoms with Gasteiger partial charge in [0.2, 0.25) is 5.91 Å². The van der Waals surface area contributed by atoms with E-state index in [0.29, 0.717) is 0 Å². The van der Waals surface area contributed by atoms with Crippen molar-refractivity contribution in [1.82, 2.24) is 0 Å². The molecule has 0 saturated carbocycles. The van der Waals surface area contributed by atoms with Gasteiger partial charge >= 0.3 is 0 Å². The Labute approximate surface area is 150 Å². The van der Waals surface area contributed by atoms with Gasteiger partial charge in [-0.25, -0.2) is 8.42 Å². The van der Waals surface area contributed by atoms with Crippen LogP contribution in [0.25, 0.3) is 0 Å². The fourth-order valence-corrected chi connectivity index (χ4v) is 3.97. The van der Waals surface area contributed by atoms with Crippen molar-refractivity contribution < 1.29 is 13.2 Å². The Bertz CT molecular complexity index is 658. The first-order chi connectivity index (χ1) is 11.2. The number of carbonyl (C=O) groups excluding carboxylic acids is 1. The van der Waals surface area contributed by atoms with Crippen LogP contribution in [0.2, 0.25) is 0 Å². The SMILES string of the molecule is CCN(CC)c1ccc(NC(=O)CC(C)CS(=O)(=O)CCl)c(C)c1. The number of anilines is 2. The number of halogens is 1. The lowest BCUT2D eigenvalue weighted by Crippen LogP contribution is -2.23. The molecule has 24 heavy (non-hydrogen) atoms. The van der Waals surface area contributed by atoms with Crippen LogP contribution in [0, 0.1) is 12.8 Å². The Kier molecular flexibility index (Phi) is 8.03. The van der Waals surface area contributed by atoms with Gasteiger partial charge in [-0.2, -0.15) is 0 Å². The van der Waals surface area contributed by atoms with E-state index >= 15 is 0 Å². The average molecular weight is 375 g/mol. The number of hydrogen-bond donors (Lipinski definition) is 1. The maximum atomic E-state index is 12.1. The lowest BCUT2D eigenvalue weighted by Gasteiger charge is -2.22. The number of rotatable bonds is 9. The quantitative estimate of drug-likeness (QED) is 0.672. The topological polar surface area (TPSA) is 66.5 Å². The third kappa shape index (κ3) is 6.32. The van der Waals surface area contributed by atoms with Gasteiger partial charge in [0.15, 0.2) is 9.84 Å². The molecule has 0 saturated heterocycles. The number of nitrogens with one attached hydrogen (secondary N) is 1. The number of hydrogen-bond acceptors (Lipinski definition) is 4. The first kappa shape index (κ1) is 20.8. The number of amides is 1. The standard InChI is InChI=1S/C17H27ClN2O3S/c1-5-20(6-2)15-7-8-16(14(4)10-15)19-17(21)9-13(3)11-24(22,23)12-18/h7-8,10,13H,5-6,9,11-12H2,1-4H3,(H,19,21). The van der Waals surface area contributed by atoms with E-state index in [0.717, 1.165) is 30.0 Å². The zero-order chi connectivity index (χ0) is 18.3. The molecule has 0 radical (unpaired) electrons. The van der Waals surface area contributed by atoms with Gasteiger partial charge in [0.1, 0.15) is 5.21 Å². The zero-order valence-electron chi connectivity index (χ0n) is 14.8. The largest absolute Gasteiger partial charge is 0.372 e. The fourth-order valence-electron chi connectivity index (χ4n) is 2.63. The number of carbonyl (C=O) groups is 1. The van der Waals surface area contributed by atoms with E-state index in [-0.39, 0.29) is 24.0 Å². The monoisotopic (exact) mass is 374 g/mol. The summed E-state index contributed by atoms with van der Waals surface area (Å²) in [6.07, 6.45) is 0.146.